The molecule has 2 heteroatoms. The summed E-state index contributed by atoms with van der Waals surface area (Å²) in [5, 5.41) is 0. The summed E-state index contributed by atoms with van der Waals surface area (Å²) in [6.45, 7) is 4.24. The molecule has 0 bridgehead atoms. The van der Waals surface area contributed by atoms with Crippen molar-refractivity contribution in [3.8, 4) is 0 Å². The van der Waals surface area contributed by atoms with Crippen LogP contribution in [0.2, 0.25) is 0 Å². The van der Waals surface area contributed by atoms with Crippen LogP contribution in [0, 0.1) is 17.4 Å². The lowest BCUT2D eigenvalue weighted by molar-refractivity contribution is 1.27. The molecule has 0 unspecified atom stereocenters. The average molecular weight is 501 g/mol. The van der Waals surface area contributed by atoms with E-state index < -0.39 is 0 Å². The maximum absolute atomic E-state index is 2.33. The second kappa shape index (κ2) is 9.31. The molecule has 4 aromatic rings. The zero-order valence-corrected chi connectivity index (χ0v) is 19.4. The summed E-state index contributed by atoms with van der Waals surface area (Å²) in [4.78, 5) is 2.30. The van der Waals surface area contributed by atoms with Crippen molar-refractivity contribution in [1.82, 2.24) is 0 Å². The van der Waals surface area contributed by atoms with Crippen LogP contribution in [0.4, 0.5) is 17.1 Å². The van der Waals surface area contributed by atoms with Gasteiger partial charge in [-0.25, -0.2) is 0 Å². The van der Waals surface area contributed by atoms with E-state index in [0.717, 1.165) is 17.1 Å². The number of nitrogens with zero attached hydrogens (tertiary/aromatic N) is 1. The Labute approximate surface area is 192 Å². The first-order valence-corrected chi connectivity index (χ1v) is 11.1. The fourth-order valence-electron chi connectivity index (χ4n) is 3.34. The number of hydrogen-bond donors (Lipinski definition) is 0. The number of rotatable bonds is 5. The van der Waals surface area contributed by atoms with Gasteiger partial charge in [-0.1, -0.05) is 71.8 Å². The summed E-state index contributed by atoms with van der Waals surface area (Å²) in [5.74, 6) is 0. The topological polar surface area (TPSA) is 3.24 Å². The Balaban J connectivity index is 1.64. The van der Waals surface area contributed by atoms with E-state index in [-0.39, 0.29) is 0 Å². The minimum absolute atomic E-state index is 1.15. The van der Waals surface area contributed by atoms with Crippen LogP contribution in [0.5, 0.6) is 0 Å². The van der Waals surface area contributed by atoms with Gasteiger partial charge in [-0.3, -0.25) is 0 Å². The Morgan fingerprint density at radius 1 is 0.500 bits per heavy atom. The quantitative estimate of drug-likeness (QED) is 0.196. The van der Waals surface area contributed by atoms with Crippen LogP contribution in [0.3, 0.4) is 0 Å². The highest BCUT2D eigenvalue weighted by atomic mass is 127. The number of aryl methyl sites for hydroxylation is 2. The highest BCUT2D eigenvalue weighted by molar-refractivity contribution is 14.1. The summed E-state index contributed by atoms with van der Waals surface area (Å²) in [7, 11) is 0. The number of hydrogen-bond acceptors (Lipinski definition) is 1. The lowest BCUT2D eigenvalue weighted by Gasteiger charge is -2.25. The lowest BCUT2D eigenvalue weighted by Crippen LogP contribution is -2.09. The zero-order valence-electron chi connectivity index (χ0n) is 17.2. The molecule has 0 heterocycles. The van der Waals surface area contributed by atoms with Gasteiger partial charge in [-0.2, -0.15) is 0 Å². The first-order chi connectivity index (χ1) is 14.6. The Kier molecular flexibility index (Phi) is 6.34. The zero-order chi connectivity index (χ0) is 20.9. The van der Waals surface area contributed by atoms with Crippen molar-refractivity contribution in [3.05, 3.63) is 123 Å². The fourth-order valence-corrected chi connectivity index (χ4v) is 3.70. The van der Waals surface area contributed by atoms with Gasteiger partial charge in [-0.15, -0.1) is 0 Å². The SMILES string of the molecule is Cc1ccc(N(c2ccc(C)cc2)c2ccc(C=Cc3ccc(I)cc3)cc2)cc1. The van der Waals surface area contributed by atoms with Crippen LogP contribution >= 0.6 is 22.6 Å². The molecule has 0 fully saturated rings. The molecule has 1 nitrogen and oxygen atoms in total. The molecule has 0 spiro atoms. The molecule has 0 amide bonds. The lowest BCUT2D eigenvalue weighted by atomic mass is 10.1. The Morgan fingerprint density at radius 2 is 0.833 bits per heavy atom. The highest BCUT2D eigenvalue weighted by Crippen LogP contribution is 2.34. The van der Waals surface area contributed by atoms with Crippen LogP contribution in [0.1, 0.15) is 22.3 Å². The molecule has 4 rings (SSSR count). The van der Waals surface area contributed by atoms with E-state index in [2.05, 4.69) is 151 Å². The summed E-state index contributed by atoms with van der Waals surface area (Å²) < 4.78 is 1.25. The third-order valence-corrected chi connectivity index (χ3v) is 5.79. The standard InChI is InChI=1S/C28H24IN/c1-21-3-15-26(16-4-21)30(27-17-5-22(2)6-18-27)28-19-11-24(12-20-28)8-7-23-9-13-25(29)14-10-23/h3-20H,1-2H3. The largest absolute Gasteiger partial charge is 0.311 e. The van der Waals surface area contributed by atoms with Crippen molar-refractivity contribution in [2.45, 2.75) is 13.8 Å². The van der Waals surface area contributed by atoms with Crippen LogP contribution in [0.15, 0.2) is 97.1 Å². The predicted octanol–water partition coefficient (Wildman–Crippen LogP) is 8.55. The minimum Gasteiger partial charge on any atom is -0.311 e. The molecule has 0 saturated heterocycles. The molecule has 0 aliphatic heterocycles. The average Bonchev–Trinajstić information content (AvgIpc) is 2.77. The van der Waals surface area contributed by atoms with Crippen molar-refractivity contribution in [2.75, 3.05) is 4.90 Å². The van der Waals surface area contributed by atoms with E-state index in [0.29, 0.717) is 0 Å². The molecule has 0 saturated carbocycles. The molecule has 0 atom stereocenters. The van der Waals surface area contributed by atoms with Crippen molar-refractivity contribution in [2.24, 2.45) is 0 Å². The Hall–Kier alpha value is -2.85. The third kappa shape index (κ3) is 5.00. The maximum Gasteiger partial charge on any atom is 0.0462 e. The molecule has 0 aliphatic rings. The van der Waals surface area contributed by atoms with Gasteiger partial charge in [0.2, 0.25) is 0 Å². The van der Waals surface area contributed by atoms with Gasteiger partial charge in [0.25, 0.3) is 0 Å². The third-order valence-electron chi connectivity index (χ3n) is 5.07. The first-order valence-electron chi connectivity index (χ1n) is 10.1. The normalized spacial score (nSPS) is 11.0. The highest BCUT2D eigenvalue weighted by Gasteiger charge is 2.11. The molecular formula is C28H24IN. The number of benzene rings is 4. The molecule has 30 heavy (non-hydrogen) atoms. The molecule has 148 valence electrons. The summed E-state index contributed by atoms with van der Waals surface area (Å²) in [5.41, 5.74) is 8.38. The molecule has 0 N–H and O–H groups in total. The van der Waals surface area contributed by atoms with Crippen LogP contribution < -0.4 is 4.90 Å². The van der Waals surface area contributed by atoms with Crippen LogP contribution in [-0.2, 0) is 0 Å². The monoisotopic (exact) mass is 501 g/mol. The van der Waals surface area contributed by atoms with E-state index in [1.807, 2.05) is 0 Å². The van der Waals surface area contributed by atoms with E-state index in [9.17, 15) is 0 Å². The number of halogens is 1. The smallest absolute Gasteiger partial charge is 0.0462 e. The van der Waals surface area contributed by atoms with Crippen molar-refractivity contribution in [3.63, 3.8) is 0 Å². The van der Waals surface area contributed by atoms with E-state index >= 15 is 0 Å². The van der Waals surface area contributed by atoms with Gasteiger partial charge in [0.15, 0.2) is 0 Å². The molecule has 0 aromatic heterocycles. The van der Waals surface area contributed by atoms with E-state index in [4.69, 9.17) is 0 Å². The molecule has 0 aliphatic carbocycles. The summed E-state index contributed by atoms with van der Waals surface area (Å²) in [6, 6.07) is 34.6. The van der Waals surface area contributed by atoms with Gasteiger partial charge < -0.3 is 4.90 Å². The maximum atomic E-state index is 2.33. The first kappa shape index (κ1) is 20.4. The van der Waals surface area contributed by atoms with Gasteiger partial charge in [0.1, 0.15) is 0 Å². The van der Waals surface area contributed by atoms with Gasteiger partial charge >= 0.3 is 0 Å². The van der Waals surface area contributed by atoms with Crippen molar-refractivity contribution < 1.29 is 0 Å². The Morgan fingerprint density at radius 3 is 1.23 bits per heavy atom. The summed E-state index contributed by atoms with van der Waals surface area (Å²) in [6.07, 6.45) is 4.32. The van der Waals surface area contributed by atoms with Crippen molar-refractivity contribution >= 4 is 51.8 Å². The molecule has 0 radical (unpaired) electrons. The van der Waals surface area contributed by atoms with Crippen molar-refractivity contribution in [1.29, 1.82) is 0 Å². The second-order valence-electron chi connectivity index (χ2n) is 7.48. The van der Waals surface area contributed by atoms with Crippen LogP contribution in [-0.4, -0.2) is 0 Å². The van der Waals surface area contributed by atoms with E-state index in [1.54, 1.807) is 0 Å². The second-order valence-corrected chi connectivity index (χ2v) is 8.73. The minimum atomic E-state index is 1.15. The molecular weight excluding hydrogens is 477 g/mol. The number of anilines is 3. The van der Waals surface area contributed by atoms with Gasteiger partial charge in [0, 0.05) is 20.6 Å². The van der Waals surface area contributed by atoms with E-state index in [1.165, 1.54) is 25.8 Å². The fraction of sp³-hybridized carbons (Fsp3) is 0.0714. The summed E-state index contributed by atoms with van der Waals surface area (Å²) >= 11 is 2.33. The van der Waals surface area contributed by atoms with Crippen LogP contribution in [0.25, 0.3) is 12.2 Å². The van der Waals surface area contributed by atoms with Gasteiger partial charge in [-0.05, 0) is 96.1 Å². The Bertz CT molecular complexity index is 1080. The molecule has 4 aromatic carbocycles. The predicted molar refractivity (Wildman–Crippen MR) is 139 cm³/mol. The van der Waals surface area contributed by atoms with Gasteiger partial charge in [0.05, 0.1) is 0 Å².